The van der Waals surface area contributed by atoms with Gasteiger partial charge in [-0.15, -0.1) is 0 Å². The number of hydrogen-bond acceptors (Lipinski definition) is 2. The molecule has 18 heavy (non-hydrogen) atoms. The lowest BCUT2D eigenvalue weighted by molar-refractivity contribution is -0.123. The van der Waals surface area contributed by atoms with Crippen molar-refractivity contribution in [2.45, 2.75) is 58.4 Å². The molecule has 0 saturated carbocycles. The molecule has 0 aromatic heterocycles. The lowest BCUT2D eigenvalue weighted by Crippen LogP contribution is -2.31. The molecule has 3 heteroatoms. The van der Waals surface area contributed by atoms with E-state index >= 15 is 0 Å². The number of carbonyl (C=O) groups is 1. The first-order valence-corrected chi connectivity index (χ1v) is 7.31. The molecule has 0 radical (unpaired) electrons. The number of rotatable bonds is 8. The smallest absolute Gasteiger partial charge is 0.226 e. The quantitative estimate of drug-likeness (QED) is 0.515. The van der Waals surface area contributed by atoms with Crippen LogP contribution in [0.15, 0.2) is 12.2 Å². The van der Waals surface area contributed by atoms with Gasteiger partial charge in [0.2, 0.25) is 5.91 Å². The van der Waals surface area contributed by atoms with Gasteiger partial charge in [-0.05, 0) is 18.8 Å². The molecular weight excluding hydrogens is 224 g/mol. The van der Waals surface area contributed by atoms with Gasteiger partial charge in [0.15, 0.2) is 0 Å². The lowest BCUT2D eigenvalue weighted by Gasteiger charge is -2.10. The van der Waals surface area contributed by atoms with Gasteiger partial charge in [-0.2, -0.15) is 0 Å². The molecule has 1 rings (SSSR count). The molecule has 0 aliphatic heterocycles. The highest BCUT2D eigenvalue weighted by Gasteiger charge is 2.21. The Morgan fingerprint density at radius 1 is 1.28 bits per heavy atom. The maximum atomic E-state index is 11.8. The topological polar surface area (TPSA) is 55.1 Å². The summed E-state index contributed by atoms with van der Waals surface area (Å²) < 4.78 is 0. The molecular formula is C15H28N2O. The van der Waals surface area contributed by atoms with E-state index in [1.807, 2.05) is 12.2 Å². The van der Waals surface area contributed by atoms with Gasteiger partial charge in [-0.1, -0.05) is 51.7 Å². The molecule has 0 aromatic carbocycles. The zero-order valence-corrected chi connectivity index (χ0v) is 11.8. The molecule has 0 aromatic rings. The van der Waals surface area contributed by atoms with E-state index in [0.29, 0.717) is 0 Å². The van der Waals surface area contributed by atoms with Gasteiger partial charge in [0.25, 0.3) is 0 Å². The van der Waals surface area contributed by atoms with Crippen LogP contribution in [0.1, 0.15) is 52.4 Å². The highest BCUT2D eigenvalue weighted by Crippen LogP contribution is 2.16. The number of nitrogens with one attached hydrogen (secondary N) is 1. The van der Waals surface area contributed by atoms with Gasteiger partial charge in [-0.3, -0.25) is 4.79 Å². The van der Waals surface area contributed by atoms with Crippen molar-refractivity contribution in [3.8, 4) is 0 Å². The zero-order valence-electron chi connectivity index (χ0n) is 11.8. The number of amides is 1. The first kappa shape index (κ1) is 15.2. The molecule has 0 spiro atoms. The van der Waals surface area contributed by atoms with E-state index < -0.39 is 0 Å². The Morgan fingerprint density at radius 2 is 2.00 bits per heavy atom. The van der Waals surface area contributed by atoms with Crippen LogP contribution >= 0.6 is 0 Å². The van der Waals surface area contributed by atoms with Crippen molar-refractivity contribution in [2.75, 3.05) is 6.54 Å². The van der Waals surface area contributed by atoms with E-state index in [9.17, 15) is 4.79 Å². The molecule has 0 fully saturated rings. The summed E-state index contributed by atoms with van der Waals surface area (Å²) in [6.45, 7) is 5.33. The lowest BCUT2D eigenvalue weighted by atomic mass is 10.0. The molecule has 0 heterocycles. The third kappa shape index (κ3) is 6.20. The van der Waals surface area contributed by atoms with Crippen molar-refractivity contribution < 1.29 is 4.79 Å². The maximum absolute atomic E-state index is 11.8. The molecule has 3 N–H and O–H groups in total. The van der Waals surface area contributed by atoms with E-state index in [-0.39, 0.29) is 17.9 Å². The second-order valence-electron chi connectivity index (χ2n) is 5.78. The van der Waals surface area contributed by atoms with E-state index in [2.05, 4.69) is 19.2 Å². The summed E-state index contributed by atoms with van der Waals surface area (Å²) in [6.07, 6.45) is 10.8. The highest BCUT2D eigenvalue weighted by molar-refractivity contribution is 5.81. The predicted octanol–water partition coefficient (Wildman–Crippen LogP) is 2.61. The maximum Gasteiger partial charge on any atom is 0.226 e. The van der Waals surface area contributed by atoms with Crippen molar-refractivity contribution in [3.63, 3.8) is 0 Å². The molecule has 1 amide bonds. The number of unbranched alkanes of at least 4 members (excludes halogenated alkanes) is 3. The standard InChI is InChI=1S/C15H28N2O/c1-12(2)7-5-3-4-6-10-17-15(18)13-8-9-14(16)11-13/h8-9,12-14H,3-7,10-11,16H2,1-2H3,(H,17,18). The van der Waals surface area contributed by atoms with Gasteiger partial charge < -0.3 is 11.1 Å². The van der Waals surface area contributed by atoms with Crippen LogP contribution in [0.3, 0.4) is 0 Å². The first-order chi connectivity index (χ1) is 8.59. The van der Waals surface area contributed by atoms with Crippen molar-refractivity contribution in [3.05, 3.63) is 12.2 Å². The summed E-state index contributed by atoms with van der Waals surface area (Å²) in [5, 5.41) is 3.00. The number of carbonyl (C=O) groups excluding carboxylic acids is 1. The summed E-state index contributed by atoms with van der Waals surface area (Å²) in [6, 6.07) is 0.0665. The molecule has 1 aliphatic carbocycles. The number of nitrogens with two attached hydrogens (primary N) is 1. The van der Waals surface area contributed by atoms with Crippen LogP contribution in [0.4, 0.5) is 0 Å². The first-order valence-electron chi connectivity index (χ1n) is 7.31. The Bertz CT molecular complexity index is 274. The van der Waals surface area contributed by atoms with Crippen LogP contribution in [0.2, 0.25) is 0 Å². The SMILES string of the molecule is CC(C)CCCCCCNC(=O)C1C=CC(N)C1. The molecule has 0 bridgehead atoms. The normalized spacial score (nSPS) is 22.7. The van der Waals surface area contributed by atoms with Crippen LogP contribution < -0.4 is 11.1 Å². The molecule has 2 unspecified atom stereocenters. The Hall–Kier alpha value is -0.830. The molecule has 0 saturated heterocycles. The minimum atomic E-state index is 0.000871. The van der Waals surface area contributed by atoms with Gasteiger partial charge in [0, 0.05) is 12.6 Å². The number of hydrogen-bond donors (Lipinski definition) is 2. The Balaban J connectivity index is 1.95. The average Bonchev–Trinajstić information content (AvgIpc) is 2.74. The Kier molecular flexibility index (Phi) is 7.02. The van der Waals surface area contributed by atoms with Gasteiger partial charge in [0.1, 0.15) is 0 Å². The van der Waals surface area contributed by atoms with Crippen LogP contribution in [-0.2, 0) is 4.79 Å². The summed E-state index contributed by atoms with van der Waals surface area (Å²) in [7, 11) is 0. The summed E-state index contributed by atoms with van der Waals surface area (Å²) in [5.41, 5.74) is 5.73. The van der Waals surface area contributed by atoms with E-state index in [4.69, 9.17) is 5.73 Å². The summed E-state index contributed by atoms with van der Waals surface area (Å²) in [5.74, 6) is 0.949. The largest absolute Gasteiger partial charge is 0.356 e. The summed E-state index contributed by atoms with van der Waals surface area (Å²) >= 11 is 0. The van der Waals surface area contributed by atoms with Gasteiger partial charge in [0.05, 0.1) is 5.92 Å². The van der Waals surface area contributed by atoms with Crippen molar-refractivity contribution in [2.24, 2.45) is 17.6 Å². The minimum Gasteiger partial charge on any atom is -0.356 e. The molecule has 1 aliphatic rings. The van der Waals surface area contributed by atoms with Crippen LogP contribution in [0.5, 0.6) is 0 Å². The predicted molar refractivity (Wildman–Crippen MR) is 76.2 cm³/mol. The van der Waals surface area contributed by atoms with Crippen molar-refractivity contribution in [1.82, 2.24) is 5.32 Å². The van der Waals surface area contributed by atoms with Gasteiger partial charge >= 0.3 is 0 Å². The fraction of sp³-hybridized carbons (Fsp3) is 0.800. The van der Waals surface area contributed by atoms with Crippen LogP contribution in [-0.4, -0.2) is 18.5 Å². The molecule has 3 nitrogen and oxygen atoms in total. The van der Waals surface area contributed by atoms with Crippen LogP contribution in [0.25, 0.3) is 0 Å². The highest BCUT2D eigenvalue weighted by atomic mass is 16.1. The average molecular weight is 252 g/mol. The van der Waals surface area contributed by atoms with Crippen molar-refractivity contribution in [1.29, 1.82) is 0 Å². The van der Waals surface area contributed by atoms with E-state index in [0.717, 1.165) is 25.3 Å². The van der Waals surface area contributed by atoms with Crippen LogP contribution in [0, 0.1) is 11.8 Å². The molecule has 2 atom stereocenters. The third-order valence-corrected chi connectivity index (χ3v) is 3.46. The monoisotopic (exact) mass is 252 g/mol. The third-order valence-electron chi connectivity index (χ3n) is 3.46. The fourth-order valence-electron chi connectivity index (χ4n) is 2.30. The Morgan fingerprint density at radius 3 is 2.61 bits per heavy atom. The van der Waals surface area contributed by atoms with E-state index in [1.165, 1.54) is 25.7 Å². The second-order valence-corrected chi connectivity index (χ2v) is 5.78. The van der Waals surface area contributed by atoms with Crippen molar-refractivity contribution >= 4 is 5.91 Å². The Labute approximate surface area is 111 Å². The second kappa shape index (κ2) is 8.30. The zero-order chi connectivity index (χ0) is 13.4. The summed E-state index contributed by atoms with van der Waals surface area (Å²) in [4.78, 5) is 11.8. The fourth-order valence-corrected chi connectivity index (χ4v) is 2.30. The van der Waals surface area contributed by atoms with E-state index in [1.54, 1.807) is 0 Å². The minimum absolute atomic E-state index is 0.000871. The molecule has 104 valence electrons. The van der Waals surface area contributed by atoms with Gasteiger partial charge in [-0.25, -0.2) is 0 Å².